The Kier molecular flexibility index (Phi) is 4.03. The number of hydrogen-bond acceptors (Lipinski definition) is 2. The molecule has 0 atom stereocenters. The third kappa shape index (κ3) is 3.75. The zero-order valence-corrected chi connectivity index (χ0v) is 9.45. The van der Waals surface area contributed by atoms with Crippen LogP contribution in [0.25, 0.3) is 0 Å². The summed E-state index contributed by atoms with van der Waals surface area (Å²) >= 11 is 0. The lowest BCUT2D eigenvalue weighted by Crippen LogP contribution is -2.34. The van der Waals surface area contributed by atoms with E-state index in [1.807, 2.05) is 0 Å². The molecular weight excluding hydrogens is 227 g/mol. The first-order valence-electron chi connectivity index (χ1n) is 5.00. The predicted molar refractivity (Wildman–Crippen MR) is 60.6 cm³/mol. The van der Waals surface area contributed by atoms with Crippen molar-refractivity contribution in [2.75, 3.05) is 5.32 Å². The van der Waals surface area contributed by atoms with Crippen molar-refractivity contribution < 1.29 is 19.1 Å². The van der Waals surface area contributed by atoms with Crippen LogP contribution in [-0.4, -0.2) is 23.1 Å². The van der Waals surface area contributed by atoms with Gasteiger partial charge < -0.3 is 15.7 Å². The van der Waals surface area contributed by atoms with Crippen molar-refractivity contribution in [1.82, 2.24) is 5.32 Å². The molecule has 92 valence electrons. The molecule has 0 unspecified atom stereocenters. The lowest BCUT2D eigenvalue weighted by Gasteiger charge is -2.11. The third-order valence-electron chi connectivity index (χ3n) is 1.88. The maximum absolute atomic E-state index is 13.3. The zero-order chi connectivity index (χ0) is 13.0. The van der Waals surface area contributed by atoms with Crippen molar-refractivity contribution >= 4 is 17.7 Å². The number of hydrogen-bond donors (Lipinski definition) is 3. The highest BCUT2D eigenvalue weighted by molar-refractivity contribution is 5.93. The summed E-state index contributed by atoms with van der Waals surface area (Å²) in [6.45, 7) is 3.51. The number of benzene rings is 1. The molecule has 0 radical (unpaired) electrons. The number of nitrogens with one attached hydrogen (secondary N) is 2. The van der Waals surface area contributed by atoms with E-state index in [0.29, 0.717) is 0 Å². The second-order valence-corrected chi connectivity index (χ2v) is 3.75. The molecule has 0 aliphatic heterocycles. The minimum absolute atomic E-state index is 0.0914. The highest BCUT2D eigenvalue weighted by Crippen LogP contribution is 2.16. The Hall–Kier alpha value is -2.11. The van der Waals surface area contributed by atoms with Gasteiger partial charge in [-0.2, -0.15) is 0 Å². The smallest absolute Gasteiger partial charge is 0.335 e. The Morgan fingerprint density at radius 2 is 2.00 bits per heavy atom. The van der Waals surface area contributed by atoms with E-state index in [-0.39, 0.29) is 17.3 Å². The van der Waals surface area contributed by atoms with E-state index in [1.165, 1.54) is 0 Å². The van der Waals surface area contributed by atoms with Gasteiger partial charge in [-0.1, -0.05) is 0 Å². The summed E-state index contributed by atoms with van der Waals surface area (Å²) in [5.74, 6) is -1.87. The fourth-order valence-electron chi connectivity index (χ4n) is 1.17. The molecule has 0 aliphatic carbocycles. The maximum Gasteiger partial charge on any atom is 0.335 e. The molecule has 0 aromatic heterocycles. The largest absolute Gasteiger partial charge is 0.478 e. The van der Waals surface area contributed by atoms with E-state index >= 15 is 0 Å². The Balaban J connectivity index is 2.86. The first-order valence-corrected chi connectivity index (χ1v) is 5.00. The van der Waals surface area contributed by atoms with E-state index in [1.54, 1.807) is 13.8 Å². The number of carboxylic acid groups (broad SMARTS) is 1. The Bertz CT molecular complexity index is 446. The van der Waals surface area contributed by atoms with E-state index in [0.717, 1.165) is 18.2 Å². The third-order valence-corrected chi connectivity index (χ3v) is 1.88. The highest BCUT2D eigenvalue weighted by Gasteiger charge is 2.11. The molecule has 0 saturated heterocycles. The van der Waals surface area contributed by atoms with Crippen LogP contribution in [0.4, 0.5) is 14.9 Å². The summed E-state index contributed by atoms with van der Waals surface area (Å²) in [4.78, 5) is 22.0. The summed E-state index contributed by atoms with van der Waals surface area (Å²) in [6.07, 6.45) is 0. The van der Waals surface area contributed by atoms with Crippen LogP contribution >= 0.6 is 0 Å². The first kappa shape index (κ1) is 13.0. The van der Waals surface area contributed by atoms with Gasteiger partial charge in [0.1, 0.15) is 5.82 Å². The van der Waals surface area contributed by atoms with Gasteiger partial charge in [0.2, 0.25) is 0 Å². The molecule has 6 heteroatoms. The number of rotatable bonds is 3. The van der Waals surface area contributed by atoms with Crippen LogP contribution in [-0.2, 0) is 0 Å². The molecule has 1 aromatic carbocycles. The molecule has 5 nitrogen and oxygen atoms in total. The first-order chi connectivity index (χ1) is 7.90. The number of amides is 2. The lowest BCUT2D eigenvalue weighted by molar-refractivity contribution is 0.0697. The minimum Gasteiger partial charge on any atom is -0.478 e. The van der Waals surface area contributed by atoms with Gasteiger partial charge in [0, 0.05) is 6.04 Å². The van der Waals surface area contributed by atoms with Gasteiger partial charge in [0.25, 0.3) is 0 Å². The summed E-state index contributed by atoms with van der Waals surface area (Å²) in [6, 6.07) is 2.51. The van der Waals surface area contributed by atoms with Crippen molar-refractivity contribution in [3.05, 3.63) is 29.6 Å². The summed E-state index contributed by atoms with van der Waals surface area (Å²) in [5, 5.41) is 13.5. The van der Waals surface area contributed by atoms with Gasteiger partial charge in [0.15, 0.2) is 0 Å². The molecule has 0 spiro atoms. The monoisotopic (exact) mass is 240 g/mol. The van der Waals surface area contributed by atoms with Crippen LogP contribution < -0.4 is 10.6 Å². The van der Waals surface area contributed by atoms with E-state index < -0.39 is 17.8 Å². The molecule has 0 bridgehead atoms. The van der Waals surface area contributed by atoms with Crippen LogP contribution in [0.2, 0.25) is 0 Å². The van der Waals surface area contributed by atoms with Gasteiger partial charge in [-0.25, -0.2) is 14.0 Å². The van der Waals surface area contributed by atoms with E-state index in [9.17, 15) is 14.0 Å². The standard InChI is InChI=1S/C11H13FN2O3/c1-6(2)13-11(17)14-9-5-7(10(15)16)3-4-8(9)12/h3-6H,1-2H3,(H,15,16)(H2,13,14,17). The highest BCUT2D eigenvalue weighted by atomic mass is 19.1. The van der Waals surface area contributed by atoms with Crippen LogP contribution in [0, 0.1) is 5.82 Å². The number of halogens is 1. The van der Waals surface area contributed by atoms with Crippen molar-refractivity contribution in [2.45, 2.75) is 19.9 Å². The van der Waals surface area contributed by atoms with Crippen molar-refractivity contribution in [2.24, 2.45) is 0 Å². The van der Waals surface area contributed by atoms with Crippen molar-refractivity contribution in [1.29, 1.82) is 0 Å². The number of carbonyl (C=O) groups excluding carboxylic acids is 1. The number of carboxylic acids is 1. The minimum atomic E-state index is -1.18. The normalized spacial score (nSPS) is 10.1. The molecular formula is C11H13FN2O3. The Morgan fingerprint density at radius 3 is 2.53 bits per heavy atom. The van der Waals surface area contributed by atoms with E-state index in [4.69, 9.17) is 5.11 Å². The van der Waals surface area contributed by atoms with Crippen LogP contribution in [0.15, 0.2) is 18.2 Å². The van der Waals surface area contributed by atoms with Gasteiger partial charge in [-0.05, 0) is 32.0 Å². The molecule has 0 aliphatic rings. The molecule has 0 fully saturated rings. The second kappa shape index (κ2) is 5.29. The van der Waals surface area contributed by atoms with Crippen LogP contribution in [0.1, 0.15) is 24.2 Å². The number of carbonyl (C=O) groups is 2. The average Bonchev–Trinajstić information content (AvgIpc) is 2.19. The Morgan fingerprint density at radius 1 is 1.35 bits per heavy atom. The van der Waals surface area contributed by atoms with Crippen molar-refractivity contribution in [3.8, 4) is 0 Å². The summed E-state index contributed by atoms with van der Waals surface area (Å²) in [7, 11) is 0. The second-order valence-electron chi connectivity index (χ2n) is 3.75. The van der Waals surface area contributed by atoms with Crippen LogP contribution in [0.3, 0.4) is 0 Å². The van der Waals surface area contributed by atoms with Gasteiger partial charge in [-0.15, -0.1) is 0 Å². The molecule has 1 aromatic rings. The summed E-state index contributed by atoms with van der Waals surface area (Å²) in [5.41, 5.74) is -0.255. The lowest BCUT2D eigenvalue weighted by atomic mass is 10.2. The average molecular weight is 240 g/mol. The fraction of sp³-hybridized carbons (Fsp3) is 0.273. The number of urea groups is 1. The molecule has 0 saturated carbocycles. The molecule has 1 rings (SSSR count). The fourth-order valence-corrected chi connectivity index (χ4v) is 1.17. The zero-order valence-electron chi connectivity index (χ0n) is 9.45. The maximum atomic E-state index is 13.3. The topological polar surface area (TPSA) is 78.4 Å². The van der Waals surface area contributed by atoms with Gasteiger partial charge >= 0.3 is 12.0 Å². The predicted octanol–water partition coefficient (Wildman–Crippen LogP) is 2.05. The molecule has 0 heterocycles. The SMILES string of the molecule is CC(C)NC(=O)Nc1cc(C(=O)O)ccc1F. The summed E-state index contributed by atoms with van der Waals surface area (Å²) < 4.78 is 13.3. The quantitative estimate of drug-likeness (QED) is 0.756. The van der Waals surface area contributed by atoms with Crippen molar-refractivity contribution in [3.63, 3.8) is 0 Å². The number of anilines is 1. The van der Waals surface area contributed by atoms with Gasteiger partial charge in [0.05, 0.1) is 11.3 Å². The Labute approximate surface area is 97.6 Å². The van der Waals surface area contributed by atoms with E-state index in [2.05, 4.69) is 10.6 Å². The van der Waals surface area contributed by atoms with Crippen LogP contribution in [0.5, 0.6) is 0 Å². The molecule has 2 amide bonds. The molecule has 3 N–H and O–H groups in total. The number of aromatic carboxylic acids is 1. The van der Waals surface area contributed by atoms with Gasteiger partial charge in [-0.3, -0.25) is 0 Å². The molecule has 17 heavy (non-hydrogen) atoms.